The molecule has 0 spiro atoms. The van der Waals surface area contributed by atoms with Crippen LogP contribution >= 0.6 is 34.9 Å². The van der Waals surface area contributed by atoms with Gasteiger partial charge in [0.2, 0.25) is 6.10 Å². The number of aliphatic carboxylic acids is 1. The molecule has 0 aromatic carbocycles. The van der Waals surface area contributed by atoms with Crippen LogP contribution in [0.4, 0.5) is 5.13 Å². The van der Waals surface area contributed by atoms with Gasteiger partial charge in [-0.05, 0) is 17.7 Å². The smallest absolute Gasteiger partial charge is 0.543 e. The minimum absolute atomic E-state index is 0. The van der Waals surface area contributed by atoms with E-state index in [2.05, 4.69) is 25.8 Å². The second-order valence-electron chi connectivity index (χ2n) is 8.26. The molecule has 3 amide bonds. The third kappa shape index (κ3) is 6.51. The minimum Gasteiger partial charge on any atom is -0.543 e. The number of anilines is 1. The Morgan fingerprint density at radius 1 is 1.33 bits per heavy atom. The molecule has 0 radical (unpaired) electrons. The number of oxime groups is 1. The number of thiazole rings is 1. The van der Waals surface area contributed by atoms with Crippen molar-refractivity contribution in [2.24, 2.45) is 5.16 Å². The van der Waals surface area contributed by atoms with Gasteiger partial charge in [-0.15, -0.1) is 34.9 Å². The van der Waals surface area contributed by atoms with Crippen molar-refractivity contribution in [3.63, 3.8) is 0 Å². The molecule has 2 fully saturated rings. The second kappa shape index (κ2) is 13.1. The zero-order chi connectivity index (χ0) is 26.8. The number of nitrogens with two attached hydrogens (primary N) is 1. The van der Waals surface area contributed by atoms with Crippen LogP contribution in [0.25, 0.3) is 0 Å². The van der Waals surface area contributed by atoms with Crippen LogP contribution in [-0.4, -0.2) is 79.8 Å². The van der Waals surface area contributed by atoms with Crippen molar-refractivity contribution >= 4 is 69.4 Å². The molecule has 5 heterocycles. The largest absolute Gasteiger partial charge is 1.00 e. The number of hydrogen-bond donors (Lipinski definition) is 3. The number of rotatable bonds is 9. The van der Waals surface area contributed by atoms with Gasteiger partial charge in [0.25, 0.3) is 17.7 Å². The van der Waals surface area contributed by atoms with Crippen LogP contribution in [0.3, 0.4) is 0 Å². The van der Waals surface area contributed by atoms with Gasteiger partial charge in [0.05, 0.1) is 11.7 Å². The van der Waals surface area contributed by atoms with Gasteiger partial charge < -0.3 is 31.1 Å². The third-order valence-corrected chi connectivity index (χ3v) is 8.95. The quantitative estimate of drug-likeness (QED) is 0.0819. The fraction of sp³-hybridized carbons (Fsp3) is 0.318. The summed E-state index contributed by atoms with van der Waals surface area (Å²) in [6.07, 6.45) is 2.80. The summed E-state index contributed by atoms with van der Waals surface area (Å²) in [5.74, 6) is -2.48. The van der Waals surface area contributed by atoms with Gasteiger partial charge in [0.15, 0.2) is 10.8 Å². The van der Waals surface area contributed by atoms with E-state index in [1.54, 1.807) is 24.5 Å². The molecule has 13 nitrogen and oxygen atoms in total. The Morgan fingerprint density at radius 3 is 2.74 bits per heavy atom. The number of carboxylic acid groups (broad SMARTS) is 1. The molecular formula is C22H20KN7O6S3. The Morgan fingerprint density at radius 2 is 2.10 bits per heavy atom. The topological polar surface area (TPSA) is 192 Å². The molecule has 17 heteroatoms. The van der Waals surface area contributed by atoms with Gasteiger partial charge in [-0.2, -0.15) is 0 Å². The number of pyridine rings is 1. The molecule has 0 saturated carbocycles. The standard InChI is InChI=1S/C22H21N7O6S3.K/c23-22-26-12(9-38-22)14(28-35-13-3-6-25-17(13)30)18(31)27-15-19(32)29-16(21(33)34)10(8-37-20(15)29)7-36-11-1-4-24-5-2-11;/h1-2,4-5,9,13,15,20H,3,6-8H2,(H2,23,26)(H,25,30)(H,27,31)(H,33,34);/q;+1/p-1/b28-14-;/t13-,15+,20+;/m0./s1. The first-order valence-corrected chi connectivity index (χ1v) is 14.2. The second-order valence-corrected chi connectivity index (χ2v) is 11.3. The zero-order valence-corrected chi connectivity index (χ0v) is 26.1. The predicted octanol–water partition coefficient (Wildman–Crippen LogP) is -4.07. The van der Waals surface area contributed by atoms with E-state index < -0.39 is 35.3 Å². The maximum Gasteiger partial charge on any atom is 1.00 e. The number of nitrogens with zero attached hydrogens (tertiary/aromatic N) is 4. The molecule has 0 aliphatic carbocycles. The number of carboxylic acids is 1. The number of carbonyl (C=O) groups is 4. The monoisotopic (exact) mass is 613 g/mol. The fourth-order valence-electron chi connectivity index (χ4n) is 3.99. The van der Waals surface area contributed by atoms with Crippen LogP contribution < -0.4 is 72.9 Å². The summed E-state index contributed by atoms with van der Waals surface area (Å²) in [5, 5.41) is 22.1. The predicted molar refractivity (Wildman–Crippen MR) is 138 cm³/mol. The number of aromatic nitrogens is 2. The molecule has 3 atom stereocenters. The number of fused-ring (bicyclic) bond motifs is 1. The van der Waals surface area contributed by atoms with E-state index in [0.29, 0.717) is 30.0 Å². The van der Waals surface area contributed by atoms with Gasteiger partial charge in [0, 0.05) is 47.1 Å². The van der Waals surface area contributed by atoms with Crippen molar-refractivity contribution in [3.05, 3.63) is 46.9 Å². The Hall–Kier alpha value is -1.99. The number of hydrogen-bond acceptors (Lipinski definition) is 13. The van der Waals surface area contributed by atoms with Crippen LogP contribution in [0.15, 0.2) is 51.2 Å². The summed E-state index contributed by atoms with van der Waals surface area (Å²) in [6, 6.07) is 2.61. The van der Waals surface area contributed by atoms with Crippen molar-refractivity contribution in [1.29, 1.82) is 0 Å². The molecule has 2 aromatic rings. The number of carbonyl (C=O) groups excluding carboxylic acids is 4. The SMILES string of the molecule is Nc1nc(/C(=N/O[C@H]2CCNC2=O)C(=O)N[C@@H]2C(=O)N3C(C(=O)[O-])=C(CSc4ccncc4)CS[C@H]23)cs1.[K+]. The number of nitrogen functional groups attached to an aromatic ring is 1. The summed E-state index contributed by atoms with van der Waals surface area (Å²) in [4.78, 5) is 65.4. The molecule has 2 saturated heterocycles. The average molecular weight is 614 g/mol. The number of amides is 3. The first kappa shape index (κ1) is 30.0. The zero-order valence-electron chi connectivity index (χ0n) is 20.5. The van der Waals surface area contributed by atoms with E-state index in [4.69, 9.17) is 10.6 Å². The molecule has 2 aromatic heterocycles. The summed E-state index contributed by atoms with van der Waals surface area (Å²) in [5.41, 5.74) is 5.94. The van der Waals surface area contributed by atoms with Gasteiger partial charge in [-0.25, -0.2) is 4.98 Å². The third-order valence-electron chi connectivity index (χ3n) is 5.84. The van der Waals surface area contributed by atoms with Gasteiger partial charge in [0.1, 0.15) is 17.1 Å². The molecular weight excluding hydrogens is 594 g/mol. The van der Waals surface area contributed by atoms with Crippen LogP contribution in [0.2, 0.25) is 0 Å². The van der Waals surface area contributed by atoms with Crippen LogP contribution in [0.5, 0.6) is 0 Å². The number of thioether (sulfide) groups is 2. The summed E-state index contributed by atoms with van der Waals surface area (Å²) >= 11 is 3.84. The molecule has 198 valence electrons. The molecule has 5 rings (SSSR count). The number of nitrogens with one attached hydrogen (secondary N) is 2. The first-order chi connectivity index (χ1) is 18.3. The minimum atomic E-state index is -1.46. The molecule has 4 N–H and O–H groups in total. The Kier molecular flexibility index (Phi) is 10.1. The molecule has 39 heavy (non-hydrogen) atoms. The van der Waals surface area contributed by atoms with Gasteiger partial charge in [-0.1, -0.05) is 5.16 Å². The number of β-lactam (4-membered cyclic amide) rings is 1. The van der Waals surface area contributed by atoms with Gasteiger partial charge in [-0.3, -0.25) is 24.3 Å². The van der Waals surface area contributed by atoms with Crippen molar-refractivity contribution in [2.75, 3.05) is 23.8 Å². The van der Waals surface area contributed by atoms with Crippen LogP contribution in [0, 0.1) is 0 Å². The molecule has 0 bridgehead atoms. The van der Waals surface area contributed by atoms with E-state index in [0.717, 1.165) is 21.1 Å². The Balaban J connectivity index is 0.00000353. The van der Waals surface area contributed by atoms with Crippen LogP contribution in [-0.2, 0) is 24.0 Å². The van der Waals surface area contributed by atoms with Crippen molar-refractivity contribution < 1.29 is 80.5 Å². The first-order valence-electron chi connectivity index (χ1n) is 11.3. The molecule has 3 aliphatic rings. The van der Waals surface area contributed by atoms with Crippen LogP contribution in [0.1, 0.15) is 12.1 Å². The normalized spacial score (nSPS) is 22.4. The summed E-state index contributed by atoms with van der Waals surface area (Å²) < 4.78 is 0. The van der Waals surface area contributed by atoms with E-state index in [9.17, 15) is 24.3 Å². The maximum atomic E-state index is 13.2. The molecule has 3 aliphatic heterocycles. The summed E-state index contributed by atoms with van der Waals surface area (Å²) in [6.45, 7) is 0.423. The van der Waals surface area contributed by atoms with Crippen molar-refractivity contribution in [3.8, 4) is 0 Å². The molecule has 0 unspecified atom stereocenters. The fourth-order valence-corrected chi connectivity index (χ4v) is 6.90. The van der Waals surface area contributed by atoms with E-state index in [1.807, 2.05) is 0 Å². The van der Waals surface area contributed by atoms with Gasteiger partial charge >= 0.3 is 51.4 Å². The average Bonchev–Trinajstić information content (AvgIpc) is 3.53. The maximum absolute atomic E-state index is 13.2. The van der Waals surface area contributed by atoms with E-state index in [1.165, 1.54) is 28.9 Å². The van der Waals surface area contributed by atoms with E-state index >= 15 is 0 Å². The Labute approximate surface area is 277 Å². The van der Waals surface area contributed by atoms with E-state index in [-0.39, 0.29) is 79.5 Å². The Bertz CT molecular complexity index is 1350. The van der Waals surface area contributed by atoms with Crippen molar-refractivity contribution in [1.82, 2.24) is 25.5 Å². The van der Waals surface area contributed by atoms with Crippen molar-refractivity contribution in [2.45, 2.75) is 28.8 Å². The summed E-state index contributed by atoms with van der Waals surface area (Å²) in [7, 11) is 0.